The molecule has 140 valence electrons. The smallest absolute Gasteiger partial charge is 0.191 e. The van der Waals surface area contributed by atoms with E-state index in [0.717, 1.165) is 16.9 Å². The van der Waals surface area contributed by atoms with Gasteiger partial charge in [-0.05, 0) is 41.8 Å². The van der Waals surface area contributed by atoms with E-state index >= 15 is 0 Å². The highest BCUT2D eigenvalue weighted by molar-refractivity contribution is 5.79. The van der Waals surface area contributed by atoms with Gasteiger partial charge in [0.2, 0.25) is 0 Å². The first kappa shape index (κ1) is 19.7. The van der Waals surface area contributed by atoms with Crippen LogP contribution >= 0.6 is 0 Å². The molecule has 26 heavy (non-hydrogen) atoms. The van der Waals surface area contributed by atoms with Crippen LogP contribution < -0.4 is 15.4 Å². The summed E-state index contributed by atoms with van der Waals surface area (Å²) in [5.41, 5.74) is 2.58. The summed E-state index contributed by atoms with van der Waals surface area (Å²) in [7, 11) is 3.35. The number of hydrogen-bond donors (Lipinski definition) is 2. The molecule has 0 aromatic heterocycles. The van der Waals surface area contributed by atoms with Gasteiger partial charge < -0.3 is 20.1 Å². The number of hydrogen-bond acceptors (Lipinski definition) is 3. The van der Waals surface area contributed by atoms with Crippen LogP contribution in [-0.2, 0) is 17.8 Å². The minimum absolute atomic E-state index is 0.197. The van der Waals surface area contributed by atoms with Gasteiger partial charge >= 0.3 is 0 Å². The Morgan fingerprint density at radius 1 is 1.04 bits per heavy atom. The van der Waals surface area contributed by atoms with E-state index in [2.05, 4.69) is 15.6 Å². The zero-order valence-electron chi connectivity index (χ0n) is 15.5. The van der Waals surface area contributed by atoms with Crippen LogP contribution in [0.1, 0.15) is 16.7 Å². The van der Waals surface area contributed by atoms with Crippen molar-refractivity contribution >= 4 is 5.96 Å². The van der Waals surface area contributed by atoms with Gasteiger partial charge in [-0.3, -0.25) is 4.99 Å². The Labute approximate surface area is 154 Å². The number of rotatable bonds is 8. The molecule has 2 aromatic rings. The molecule has 5 nitrogen and oxygen atoms in total. The van der Waals surface area contributed by atoms with Crippen LogP contribution in [-0.4, -0.2) is 33.3 Å². The predicted molar refractivity (Wildman–Crippen MR) is 102 cm³/mol. The lowest BCUT2D eigenvalue weighted by Crippen LogP contribution is -2.36. The number of aliphatic imine (C=N–C) groups is 1. The van der Waals surface area contributed by atoms with Crippen LogP contribution in [0.5, 0.6) is 5.75 Å². The van der Waals surface area contributed by atoms with E-state index in [1.165, 1.54) is 6.07 Å². The van der Waals surface area contributed by atoms with E-state index in [9.17, 15) is 4.39 Å². The summed E-state index contributed by atoms with van der Waals surface area (Å²) in [4.78, 5) is 4.19. The van der Waals surface area contributed by atoms with Crippen molar-refractivity contribution in [1.82, 2.24) is 10.6 Å². The van der Waals surface area contributed by atoms with E-state index < -0.39 is 0 Å². The van der Waals surface area contributed by atoms with Crippen molar-refractivity contribution in [2.75, 3.05) is 27.4 Å². The molecule has 0 saturated heterocycles. The number of nitrogens with zero attached hydrogens (tertiary/aromatic N) is 1. The fourth-order valence-electron chi connectivity index (χ4n) is 2.33. The van der Waals surface area contributed by atoms with Crippen molar-refractivity contribution < 1.29 is 13.9 Å². The molecule has 2 N–H and O–H groups in total. The molecule has 0 aliphatic rings. The zero-order chi connectivity index (χ0) is 18.8. The Balaban J connectivity index is 1.84. The lowest BCUT2D eigenvalue weighted by molar-refractivity contribution is 0.146. The molecule has 0 spiro atoms. The fraction of sp³-hybridized carbons (Fsp3) is 0.350. The Morgan fingerprint density at radius 2 is 1.77 bits per heavy atom. The van der Waals surface area contributed by atoms with Crippen LogP contribution in [0.2, 0.25) is 0 Å². The van der Waals surface area contributed by atoms with Crippen molar-refractivity contribution in [3.05, 3.63) is 65.0 Å². The summed E-state index contributed by atoms with van der Waals surface area (Å²) < 4.78 is 24.2. The number of guanidine groups is 1. The van der Waals surface area contributed by atoms with Crippen LogP contribution in [0, 0.1) is 12.7 Å². The number of ether oxygens (including phenoxy) is 2. The largest absolute Gasteiger partial charge is 0.491 e. The van der Waals surface area contributed by atoms with E-state index in [4.69, 9.17) is 9.47 Å². The second kappa shape index (κ2) is 10.4. The number of aryl methyl sites for hydroxylation is 1. The van der Waals surface area contributed by atoms with Gasteiger partial charge in [-0.2, -0.15) is 0 Å². The number of nitrogens with one attached hydrogen (secondary N) is 2. The van der Waals surface area contributed by atoms with Gasteiger partial charge in [0.05, 0.1) is 6.61 Å². The lowest BCUT2D eigenvalue weighted by Gasteiger charge is -2.13. The van der Waals surface area contributed by atoms with Gasteiger partial charge in [0.1, 0.15) is 18.2 Å². The van der Waals surface area contributed by atoms with E-state index in [1.54, 1.807) is 27.1 Å². The maximum atomic E-state index is 13.6. The Hall–Kier alpha value is -2.60. The highest BCUT2D eigenvalue weighted by atomic mass is 19.1. The molecule has 0 amide bonds. The summed E-state index contributed by atoms with van der Waals surface area (Å²) in [5, 5.41) is 6.42. The Morgan fingerprint density at radius 3 is 2.42 bits per heavy atom. The maximum absolute atomic E-state index is 13.6. The zero-order valence-corrected chi connectivity index (χ0v) is 15.5. The van der Waals surface area contributed by atoms with E-state index in [0.29, 0.717) is 37.8 Å². The summed E-state index contributed by atoms with van der Waals surface area (Å²) in [6, 6.07) is 13.1. The summed E-state index contributed by atoms with van der Waals surface area (Å²) in [6.07, 6.45) is 0. The fourth-order valence-corrected chi connectivity index (χ4v) is 2.33. The average molecular weight is 359 g/mol. The molecule has 0 fully saturated rings. The first-order chi connectivity index (χ1) is 12.6. The second-order valence-corrected chi connectivity index (χ2v) is 5.85. The topological polar surface area (TPSA) is 54.9 Å². The second-order valence-electron chi connectivity index (χ2n) is 5.85. The van der Waals surface area contributed by atoms with Crippen molar-refractivity contribution in [1.29, 1.82) is 0 Å². The van der Waals surface area contributed by atoms with Gasteiger partial charge in [-0.15, -0.1) is 0 Å². The van der Waals surface area contributed by atoms with E-state index in [-0.39, 0.29) is 5.82 Å². The third kappa shape index (κ3) is 6.37. The average Bonchev–Trinajstić information content (AvgIpc) is 2.65. The molecular formula is C20H26FN3O2. The molecule has 0 saturated carbocycles. The number of benzene rings is 2. The van der Waals surface area contributed by atoms with Crippen LogP contribution in [0.4, 0.5) is 4.39 Å². The van der Waals surface area contributed by atoms with Crippen LogP contribution in [0.15, 0.2) is 47.5 Å². The lowest BCUT2D eigenvalue weighted by atomic mass is 10.1. The summed E-state index contributed by atoms with van der Waals surface area (Å²) >= 11 is 0. The number of methoxy groups -OCH3 is 1. The van der Waals surface area contributed by atoms with Crippen molar-refractivity contribution in [2.24, 2.45) is 4.99 Å². The number of halogens is 1. The highest BCUT2D eigenvalue weighted by Crippen LogP contribution is 2.13. The SMILES string of the molecule is CN=C(NCc1cccc(OCCOC)c1)NCc1ccc(C)c(F)c1. The molecule has 0 bridgehead atoms. The Bertz CT molecular complexity index is 735. The molecular weight excluding hydrogens is 333 g/mol. The predicted octanol–water partition coefficient (Wildman–Crippen LogP) is 3.02. The van der Waals surface area contributed by atoms with Gasteiger partial charge in [0, 0.05) is 27.2 Å². The molecule has 0 aliphatic heterocycles. The molecule has 2 aromatic carbocycles. The van der Waals surface area contributed by atoms with Gasteiger partial charge in [-0.25, -0.2) is 4.39 Å². The first-order valence-electron chi connectivity index (χ1n) is 8.52. The molecule has 6 heteroatoms. The minimum Gasteiger partial charge on any atom is -0.491 e. The third-order valence-corrected chi connectivity index (χ3v) is 3.83. The van der Waals surface area contributed by atoms with Crippen molar-refractivity contribution in [3.63, 3.8) is 0 Å². The van der Waals surface area contributed by atoms with Crippen molar-refractivity contribution in [3.8, 4) is 5.75 Å². The van der Waals surface area contributed by atoms with Crippen molar-refractivity contribution in [2.45, 2.75) is 20.0 Å². The van der Waals surface area contributed by atoms with Gasteiger partial charge in [0.25, 0.3) is 0 Å². The normalized spacial score (nSPS) is 11.3. The maximum Gasteiger partial charge on any atom is 0.191 e. The minimum atomic E-state index is -0.197. The Kier molecular flexibility index (Phi) is 7.89. The molecule has 0 radical (unpaired) electrons. The van der Waals surface area contributed by atoms with Gasteiger partial charge in [0.15, 0.2) is 5.96 Å². The molecule has 0 atom stereocenters. The van der Waals surface area contributed by atoms with Crippen LogP contribution in [0.25, 0.3) is 0 Å². The molecule has 0 unspecified atom stereocenters. The summed E-state index contributed by atoms with van der Waals surface area (Å²) in [6.45, 7) is 3.92. The monoisotopic (exact) mass is 359 g/mol. The first-order valence-corrected chi connectivity index (χ1v) is 8.52. The standard InChI is InChI=1S/C20H26FN3O2/c1-15-7-8-17(12-19(15)21)14-24-20(22-2)23-13-16-5-4-6-18(11-16)26-10-9-25-3/h4-8,11-12H,9-10,13-14H2,1-3H3,(H2,22,23,24). The van der Waals surface area contributed by atoms with E-state index in [1.807, 2.05) is 30.3 Å². The summed E-state index contributed by atoms with van der Waals surface area (Å²) in [5.74, 6) is 1.26. The van der Waals surface area contributed by atoms with Crippen LogP contribution in [0.3, 0.4) is 0 Å². The molecule has 0 heterocycles. The third-order valence-electron chi connectivity index (χ3n) is 3.83. The quantitative estimate of drug-likeness (QED) is 0.432. The molecule has 0 aliphatic carbocycles. The van der Waals surface area contributed by atoms with Gasteiger partial charge in [-0.1, -0.05) is 24.3 Å². The highest BCUT2D eigenvalue weighted by Gasteiger charge is 2.03. The molecule has 2 rings (SSSR count).